The van der Waals surface area contributed by atoms with Crippen molar-refractivity contribution in [3.63, 3.8) is 0 Å². The Morgan fingerprint density at radius 1 is 1.17 bits per heavy atom. The van der Waals surface area contributed by atoms with Gasteiger partial charge in [0, 0.05) is 5.75 Å². The predicted octanol–water partition coefficient (Wildman–Crippen LogP) is -3.78. The normalized spacial score (nSPS) is 19.7. The molecule has 0 aromatic carbocycles. The summed E-state index contributed by atoms with van der Waals surface area (Å²) in [6, 6.07) is -0.953. The molecular formula is C9H19NO7S. The van der Waals surface area contributed by atoms with Crippen molar-refractivity contribution in [1.29, 1.82) is 0 Å². The summed E-state index contributed by atoms with van der Waals surface area (Å²) in [6.07, 6.45) is -6.75. The highest BCUT2D eigenvalue weighted by atomic mass is 32.1. The molecule has 0 saturated carbocycles. The monoisotopic (exact) mass is 285 g/mol. The zero-order valence-electron chi connectivity index (χ0n) is 9.59. The van der Waals surface area contributed by atoms with Crippen molar-refractivity contribution in [2.45, 2.75) is 30.5 Å². The summed E-state index contributed by atoms with van der Waals surface area (Å²) in [5.41, 5.74) is 5.29. The fourth-order valence-corrected chi connectivity index (χ4v) is 1.16. The van der Waals surface area contributed by atoms with Crippen LogP contribution in [0.4, 0.5) is 0 Å². The van der Waals surface area contributed by atoms with E-state index in [1.54, 1.807) is 0 Å². The number of hydrogen-bond acceptors (Lipinski definition) is 9. The molecule has 7 N–H and O–H groups in total. The van der Waals surface area contributed by atoms with Crippen LogP contribution in [0.2, 0.25) is 0 Å². The molecular weight excluding hydrogens is 266 g/mol. The molecule has 108 valence electrons. The first kappa shape index (κ1) is 17.6. The van der Waals surface area contributed by atoms with E-state index >= 15 is 0 Å². The molecule has 0 saturated heterocycles. The zero-order valence-corrected chi connectivity index (χ0v) is 10.5. The number of carbonyl (C=O) groups is 1. The van der Waals surface area contributed by atoms with Gasteiger partial charge < -0.3 is 36.0 Å². The zero-order chi connectivity index (χ0) is 14.3. The van der Waals surface area contributed by atoms with E-state index < -0.39 is 49.6 Å². The van der Waals surface area contributed by atoms with Crippen molar-refractivity contribution in [3.8, 4) is 0 Å². The largest absolute Gasteiger partial charge is 0.462 e. The Bertz CT molecular complexity index is 255. The number of rotatable bonds is 8. The van der Waals surface area contributed by atoms with E-state index in [1.165, 1.54) is 0 Å². The first-order chi connectivity index (χ1) is 8.34. The van der Waals surface area contributed by atoms with Crippen LogP contribution in [0.15, 0.2) is 0 Å². The fraction of sp³-hybridized carbons (Fsp3) is 0.889. The van der Waals surface area contributed by atoms with Crippen molar-refractivity contribution >= 4 is 18.6 Å². The maximum absolute atomic E-state index is 11.1. The second-order valence-electron chi connectivity index (χ2n) is 3.72. The average Bonchev–Trinajstić information content (AvgIpc) is 2.40. The van der Waals surface area contributed by atoms with Crippen LogP contribution in [0.1, 0.15) is 0 Å². The molecule has 0 radical (unpaired) electrons. The van der Waals surface area contributed by atoms with Crippen molar-refractivity contribution in [2.75, 3.05) is 19.0 Å². The van der Waals surface area contributed by atoms with Gasteiger partial charge in [0.1, 0.15) is 37.1 Å². The van der Waals surface area contributed by atoms with Gasteiger partial charge in [-0.15, -0.1) is 0 Å². The Morgan fingerprint density at radius 2 is 1.67 bits per heavy atom. The van der Waals surface area contributed by atoms with Gasteiger partial charge in [-0.1, -0.05) is 0 Å². The molecule has 0 aliphatic carbocycles. The highest BCUT2D eigenvalue weighted by molar-refractivity contribution is 7.80. The molecule has 0 aliphatic rings. The summed E-state index contributed by atoms with van der Waals surface area (Å²) < 4.78 is 4.56. The SMILES string of the molecule is N[C@@H](CS)C(=O)OC[C@H](O)[C@@H](O)[C@H](O)[C@H](O)CO. The van der Waals surface area contributed by atoms with Crippen LogP contribution in [0.5, 0.6) is 0 Å². The number of thiol groups is 1. The van der Waals surface area contributed by atoms with Crippen LogP contribution >= 0.6 is 12.6 Å². The maximum Gasteiger partial charge on any atom is 0.323 e. The lowest BCUT2D eigenvalue weighted by Gasteiger charge is -2.25. The van der Waals surface area contributed by atoms with Gasteiger partial charge in [-0.2, -0.15) is 12.6 Å². The van der Waals surface area contributed by atoms with Crippen molar-refractivity contribution in [2.24, 2.45) is 5.73 Å². The van der Waals surface area contributed by atoms with E-state index in [0.29, 0.717) is 0 Å². The summed E-state index contributed by atoms with van der Waals surface area (Å²) >= 11 is 3.77. The van der Waals surface area contributed by atoms with Crippen LogP contribution in [0.3, 0.4) is 0 Å². The first-order valence-electron chi connectivity index (χ1n) is 5.21. The molecule has 8 nitrogen and oxygen atoms in total. The van der Waals surface area contributed by atoms with Gasteiger partial charge in [-0.05, 0) is 0 Å². The lowest BCUT2D eigenvalue weighted by atomic mass is 10.0. The average molecular weight is 285 g/mol. The first-order valence-corrected chi connectivity index (χ1v) is 5.84. The molecule has 0 heterocycles. The smallest absolute Gasteiger partial charge is 0.323 e. The highest BCUT2D eigenvalue weighted by Crippen LogP contribution is 2.06. The van der Waals surface area contributed by atoms with Gasteiger partial charge in [0.2, 0.25) is 0 Å². The van der Waals surface area contributed by atoms with Crippen molar-refractivity contribution in [1.82, 2.24) is 0 Å². The third-order valence-electron chi connectivity index (χ3n) is 2.22. The van der Waals surface area contributed by atoms with E-state index in [2.05, 4.69) is 17.4 Å². The number of hydrogen-bond donors (Lipinski definition) is 7. The number of ether oxygens (including phenoxy) is 1. The van der Waals surface area contributed by atoms with Crippen LogP contribution in [-0.4, -0.2) is 80.9 Å². The van der Waals surface area contributed by atoms with Crippen LogP contribution < -0.4 is 5.73 Å². The van der Waals surface area contributed by atoms with E-state index in [-0.39, 0.29) is 5.75 Å². The lowest BCUT2D eigenvalue weighted by molar-refractivity contribution is -0.157. The molecule has 18 heavy (non-hydrogen) atoms. The standard InChI is InChI=1S/C9H19NO7S/c10-4(3-18)9(16)17-2-6(13)8(15)7(14)5(12)1-11/h4-8,11-15,18H,1-3,10H2/t4-,5+,6-,7+,8+/m0/s1. The molecule has 0 aromatic heterocycles. The van der Waals surface area contributed by atoms with Gasteiger partial charge in [0.05, 0.1) is 6.61 Å². The summed E-state index contributed by atoms with van der Waals surface area (Å²) in [5.74, 6) is -0.753. The van der Waals surface area contributed by atoms with Crippen molar-refractivity contribution < 1.29 is 35.1 Å². The Hall–Kier alpha value is -0.420. The lowest BCUT2D eigenvalue weighted by Crippen LogP contribution is -2.48. The van der Waals surface area contributed by atoms with Crippen LogP contribution in [0.25, 0.3) is 0 Å². The molecule has 0 amide bonds. The molecule has 5 atom stereocenters. The predicted molar refractivity (Wildman–Crippen MR) is 63.9 cm³/mol. The molecule has 0 aliphatic heterocycles. The Morgan fingerprint density at radius 3 is 2.11 bits per heavy atom. The van der Waals surface area contributed by atoms with Gasteiger partial charge in [-0.3, -0.25) is 4.79 Å². The third kappa shape index (κ3) is 5.48. The Labute approximate surface area is 109 Å². The quantitative estimate of drug-likeness (QED) is 0.177. The molecule has 0 spiro atoms. The maximum atomic E-state index is 11.1. The minimum Gasteiger partial charge on any atom is -0.462 e. The molecule has 0 aromatic rings. The summed E-state index contributed by atoms with van der Waals surface area (Å²) in [5, 5.41) is 45.6. The van der Waals surface area contributed by atoms with Crippen LogP contribution in [0, 0.1) is 0 Å². The minimum absolute atomic E-state index is 0.0589. The van der Waals surface area contributed by atoms with E-state index in [1.807, 2.05) is 0 Å². The summed E-state index contributed by atoms with van der Waals surface area (Å²) in [6.45, 7) is -1.38. The Kier molecular flexibility index (Phi) is 8.44. The minimum atomic E-state index is -1.77. The second kappa shape index (κ2) is 8.64. The number of aliphatic hydroxyl groups is 5. The Balaban J connectivity index is 4.16. The number of aliphatic hydroxyl groups excluding tert-OH is 5. The van der Waals surface area contributed by atoms with E-state index in [4.69, 9.17) is 15.9 Å². The summed E-state index contributed by atoms with van der Waals surface area (Å²) in [4.78, 5) is 11.1. The third-order valence-corrected chi connectivity index (χ3v) is 2.61. The fourth-order valence-electron chi connectivity index (χ4n) is 1.01. The molecule has 0 rings (SSSR count). The highest BCUT2D eigenvalue weighted by Gasteiger charge is 2.31. The number of esters is 1. The molecule has 0 unspecified atom stereocenters. The number of nitrogens with two attached hydrogens (primary N) is 1. The van der Waals surface area contributed by atoms with E-state index in [9.17, 15) is 20.1 Å². The van der Waals surface area contributed by atoms with Gasteiger partial charge >= 0.3 is 5.97 Å². The van der Waals surface area contributed by atoms with Crippen LogP contribution in [-0.2, 0) is 9.53 Å². The van der Waals surface area contributed by atoms with Gasteiger partial charge in [0.15, 0.2) is 0 Å². The molecule has 0 bridgehead atoms. The van der Waals surface area contributed by atoms with E-state index in [0.717, 1.165) is 0 Å². The molecule has 0 fully saturated rings. The summed E-state index contributed by atoms with van der Waals surface area (Å²) in [7, 11) is 0. The number of carbonyl (C=O) groups excluding carboxylic acids is 1. The topological polar surface area (TPSA) is 153 Å². The molecule has 9 heteroatoms. The van der Waals surface area contributed by atoms with Gasteiger partial charge in [0.25, 0.3) is 0 Å². The second-order valence-corrected chi connectivity index (χ2v) is 4.08. The van der Waals surface area contributed by atoms with Gasteiger partial charge in [-0.25, -0.2) is 0 Å². The van der Waals surface area contributed by atoms with Crippen molar-refractivity contribution in [3.05, 3.63) is 0 Å².